The average molecular weight is 299 g/mol. The van der Waals surface area contributed by atoms with Gasteiger partial charge in [0.25, 0.3) is 0 Å². The van der Waals surface area contributed by atoms with Crippen molar-refractivity contribution in [2.75, 3.05) is 13.1 Å². The molecule has 21 heavy (non-hydrogen) atoms. The number of hydrogen-bond donors (Lipinski definition) is 2. The van der Waals surface area contributed by atoms with Gasteiger partial charge >= 0.3 is 5.97 Å². The van der Waals surface area contributed by atoms with Crippen molar-refractivity contribution in [3.05, 3.63) is 0 Å². The molecule has 5 nitrogen and oxygen atoms in total. The normalized spacial score (nSPS) is 24.7. The fourth-order valence-electron chi connectivity index (χ4n) is 2.96. The summed E-state index contributed by atoms with van der Waals surface area (Å²) >= 11 is 0. The molecule has 1 unspecified atom stereocenters. The molecule has 0 aromatic carbocycles. The summed E-state index contributed by atoms with van der Waals surface area (Å²) in [6.07, 6.45) is 1.68. The minimum atomic E-state index is -0.920. The van der Waals surface area contributed by atoms with Crippen molar-refractivity contribution < 1.29 is 19.8 Å². The molecule has 1 atom stereocenters. The molecular formula is C16H29NO4. The van der Waals surface area contributed by atoms with Crippen molar-refractivity contribution in [1.82, 2.24) is 4.90 Å². The Balaban J connectivity index is 2.45. The number of aliphatic hydroxyl groups is 1. The molecule has 1 rings (SSSR count). The van der Waals surface area contributed by atoms with Gasteiger partial charge in [0.05, 0.1) is 12.5 Å². The van der Waals surface area contributed by atoms with Gasteiger partial charge in [0.1, 0.15) is 5.78 Å². The molecule has 0 bridgehead atoms. The van der Waals surface area contributed by atoms with E-state index in [1.165, 1.54) is 0 Å². The molecule has 0 amide bonds. The van der Waals surface area contributed by atoms with E-state index in [-0.39, 0.29) is 35.7 Å². The third kappa shape index (κ3) is 4.27. The van der Waals surface area contributed by atoms with Gasteiger partial charge in [-0.15, -0.1) is 0 Å². The Bertz CT molecular complexity index is 390. The molecule has 2 N–H and O–H groups in total. The lowest BCUT2D eigenvalue weighted by molar-refractivity contribution is -0.138. The molecule has 0 spiro atoms. The lowest BCUT2D eigenvalue weighted by atomic mass is 9.66. The predicted molar refractivity (Wildman–Crippen MR) is 81.2 cm³/mol. The first-order valence-corrected chi connectivity index (χ1v) is 7.75. The summed E-state index contributed by atoms with van der Waals surface area (Å²) in [6, 6.07) is 0. The predicted octanol–water partition coefficient (Wildman–Crippen LogP) is 2.07. The van der Waals surface area contributed by atoms with E-state index in [2.05, 4.69) is 32.6 Å². The van der Waals surface area contributed by atoms with Crippen molar-refractivity contribution in [1.29, 1.82) is 0 Å². The van der Waals surface area contributed by atoms with E-state index in [0.29, 0.717) is 6.42 Å². The van der Waals surface area contributed by atoms with E-state index in [1.807, 2.05) is 0 Å². The summed E-state index contributed by atoms with van der Waals surface area (Å²) in [4.78, 5) is 24.4. The first kappa shape index (κ1) is 18.1. The van der Waals surface area contributed by atoms with Crippen LogP contribution in [0.15, 0.2) is 0 Å². The SMILES string of the molecule is CC1(C)C(O)CCN(CCCC(=O)CCC(=O)O)C1(C)C. The maximum Gasteiger partial charge on any atom is 0.303 e. The monoisotopic (exact) mass is 299 g/mol. The largest absolute Gasteiger partial charge is 0.481 e. The minimum absolute atomic E-state index is 0.0199. The van der Waals surface area contributed by atoms with Crippen molar-refractivity contribution >= 4 is 11.8 Å². The van der Waals surface area contributed by atoms with Crippen LogP contribution in [-0.4, -0.2) is 51.6 Å². The summed E-state index contributed by atoms with van der Waals surface area (Å²) in [5.74, 6) is -0.900. The van der Waals surface area contributed by atoms with Gasteiger partial charge in [0.2, 0.25) is 0 Å². The number of nitrogens with zero attached hydrogens (tertiary/aromatic N) is 1. The first-order chi connectivity index (χ1) is 9.59. The van der Waals surface area contributed by atoms with Crippen molar-refractivity contribution in [3.63, 3.8) is 0 Å². The molecule has 1 aliphatic heterocycles. The number of hydrogen-bond acceptors (Lipinski definition) is 4. The summed E-state index contributed by atoms with van der Waals surface area (Å²) < 4.78 is 0. The number of carbonyl (C=O) groups is 2. The van der Waals surface area contributed by atoms with Gasteiger partial charge in [-0.25, -0.2) is 0 Å². The highest BCUT2D eigenvalue weighted by Gasteiger charge is 2.49. The molecule has 1 heterocycles. The summed E-state index contributed by atoms with van der Waals surface area (Å²) in [6.45, 7) is 10.1. The Hall–Kier alpha value is -0.940. The molecule has 5 heteroatoms. The average Bonchev–Trinajstić information content (AvgIpc) is 2.37. The van der Waals surface area contributed by atoms with E-state index < -0.39 is 5.97 Å². The van der Waals surface area contributed by atoms with Crippen LogP contribution in [0.5, 0.6) is 0 Å². The number of likely N-dealkylation sites (tertiary alicyclic amines) is 1. The molecule has 1 saturated heterocycles. The fraction of sp³-hybridized carbons (Fsp3) is 0.875. The molecule has 0 radical (unpaired) electrons. The minimum Gasteiger partial charge on any atom is -0.481 e. The van der Waals surface area contributed by atoms with Crippen molar-refractivity contribution in [2.45, 2.75) is 71.4 Å². The number of piperidine rings is 1. The fourth-order valence-corrected chi connectivity index (χ4v) is 2.96. The lowest BCUT2D eigenvalue weighted by Crippen LogP contribution is -2.63. The van der Waals surface area contributed by atoms with Crippen LogP contribution in [0.2, 0.25) is 0 Å². The zero-order valence-electron chi connectivity index (χ0n) is 13.7. The van der Waals surface area contributed by atoms with E-state index in [1.54, 1.807) is 0 Å². The second kappa shape index (κ2) is 6.88. The zero-order valence-corrected chi connectivity index (χ0v) is 13.7. The molecule has 1 aliphatic rings. The number of carboxylic acid groups (broad SMARTS) is 1. The van der Waals surface area contributed by atoms with Crippen LogP contribution < -0.4 is 0 Å². The molecule has 0 aromatic rings. The molecule has 122 valence electrons. The Labute approximate surface area is 127 Å². The topological polar surface area (TPSA) is 77.8 Å². The molecule has 0 aliphatic carbocycles. The Morgan fingerprint density at radius 3 is 2.33 bits per heavy atom. The van der Waals surface area contributed by atoms with Crippen molar-refractivity contribution in [3.8, 4) is 0 Å². The standard InChI is InChI=1S/C16H29NO4/c1-15(2)13(19)9-11-17(16(15,3)4)10-5-6-12(18)7-8-14(20)21/h13,19H,5-11H2,1-4H3,(H,20,21). The van der Waals surface area contributed by atoms with Gasteiger partial charge in [0.15, 0.2) is 0 Å². The Morgan fingerprint density at radius 1 is 1.14 bits per heavy atom. The Morgan fingerprint density at radius 2 is 1.76 bits per heavy atom. The number of carboxylic acids is 1. The van der Waals surface area contributed by atoms with Crippen molar-refractivity contribution in [2.24, 2.45) is 5.41 Å². The summed E-state index contributed by atoms with van der Waals surface area (Å²) in [7, 11) is 0. The van der Waals surface area contributed by atoms with Gasteiger partial charge in [-0.1, -0.05) is 13.8 Å². The van der Waals surface area contributed by atoms with Gasteiger partial charge in [0, 0.05) is 30.3 Å². The van der Waals surface area contributed by atoms with Crippen LogP contribution in [0.1, 0.15) is 59.8 Å². The number of Topliss-reactive ketones (excluding diaryl/α,β-unsaturated/α-hetero) is 1. The highest BCUT2D eigenvalue weighted by Crippen LogP contribution is 2.43. The Kier molecular flexibility index (Phi) is 5.93. The van der Waals surface area contributed by atoms with Gasteiger partial charge in [-0.05, 0) is 33.2 Å². The van der Waals surface area contributed by atoms with Gasteiger partial charge < -0.3 is 10.2 Å². The highest BCUT2D eigenvalue weighted by atomic mass is 16.4. The number of aliphatic carboxylic acids is 1. The maximum atomic E-state index is 11.6. The van der Waals surface area contributed by atoms with Crippen LogP contribution >= 0.6 is 0 Å². The zero-order chi connectivity index (χ0) is 16.3. The number of rotatable bonds is 7. The van der Waals surface area contributed by atoms with Gasteiger partial charge in [-0.3, -0.25) is 14.5 Å². The highest BCUT2D eigenvalue weighted by molar-refractivity contribution is 5.82. The summed E-state index contributed by atoms with van der Waals surface area (Å²) in [5, 5.41) is 18.7. The van der Waals surface area contributed by atoms with Crippen LogP contribution in [0.3, 0.4) is 0 Å². The van der Waals surface area contributed by atoms with Crippen LogP contribution in [0, 0.1) is 5.41 Å². The molecular weight excluding hydrogens is 270 g/mol. The third-order valence-electron chi connectivity index (χ3n) is 5.37. The maximum absolute atomic E-state index is 11.6. The first-order valence-electron chi connectivity index (χ1n) is 7.75. The molecule has 1 fully saturated rings. The third-order valence-corrected chi connectivity index (χ3v) is 5.37. The second-order valence-corrected chi connectivity index (χ2v) is 7.11. The van der Waals surface area contributed by atoms with Crippen LogP contribution in [0.25, 0.3) is 0 Å². The van der Waals surface area contributed by atoms with E-state index in [0.717, 1.165) is 25.9 Å². The second-order valence-electron chi connectivity index (χ2n) is 7.11. The summed E-state index contributed by atoms with van der Waals surface area (Å²) in [5.41, 5.74) is -0.326. The number of ketones is 1. The number of aliphatic hydroxyl groups excluding tert-OH is 1. The number of carbonyl (C=O) groups excluding carboxylic acids is 1. The smallest absolute Gasteiger partial charge is 0.303 e. The lowest BCUT2D eigenvalue weighted by Gasteiger charge is -2.55. The van der Waals surface area contributed by atoms with E-state index >= 15 is 0 Å². The van der Waals surface area contributed by atoms with E-state index in [9.17, 15) is 14.7 Å². The van der Waals surface area contributed by atoms with Crippen LogP contribution in [0.4, 0.5) is 0 Å². The van der Waals surface area contributed by atoms with Gasteiger partial charge in [-0.2, -0.15) is 0 Å². The quantitative estimate of drug-likeness (QED) is 0.752. The van der Waals surface area contributed by atoms with E-state index in [4.69, 9.17) is 5.11 Å². The molecule has 0 aromatic heterocycles. The molecule has 0 saturated carbocycles. The van der Waals surface area contributed by atoms with Crippen LogP contribution in [-0.2, 0) is 9.59 Å².